The van der Waals surface area contributed by atoms with Crippen LogP contribution in [0, 0.1) is 11.8 Å². The molecule has 21 heavy (non-hydrogen) atoms. The van der Waals surface area contributed by atoms with Crippen molar-refractivity contribution in [2.45, 2.75) is 43.6 Å². The zero-order valence-electron chi connectivity index (χ0n) is 11.8. The summed E-state index contributed by atoms with van der Waals surface area (Å²) < 4.78 is 0. The number of carboxylic acid groups (broad SMARTS) is 1. The number of carbonyl (C=O) groups excluding carboxylic acids is 1. The third-order valence-electron chi connectivity index (χ3n) is 5.44. The van der Waals surface area contributed by atoms with Gasteiger partial charge in [-0.25, -0.2) is 4.79 Å². The molecule has 0 bridgehead atoms. The Kier molecular flexibility index (Phi) is 2.65. The summed E-state index contributed by atoms with van der Waals surface area (Å²) in [6, 6.07) is 7.66. The standard InChI is InChI=1S/C17H19NO3/c19-15(18-14(16(20)21)11-5-6-11)13-9-17(13)8-7-10-3-1-2-4-12(10)17/h1-4,11,13-14H,5-9H2,(H,18,19)(H,20,21). The van der Waals surface area contributed by atoms with E-state index in [9.17, 15) is 14.7 Å². The minimum Gasteiger partial charge on any atom is -0.480 e. The highest BCUT2D eigenvalue weighted by Gasteiger charge is 2.61. The van der Waals surface area contributed by atoms with Crippen LogP contribution in [0.1, 0.15) is 36.8 Å². The largest absolute Gasteiger partial charge is 0.480 e. The molecule has 0 heterocycles. The number of aryl methyl sites for hydroxylation is 1. The summed E-state index contributed by atoms with van der Waals surface area (Å²) in [5, 5.41) is 12.0. The number of benzene rings is 1. The average molecular weight is 285 g/mol. The monoisotopic (exact) mass is 285 g/mol. The molecule has 4 heteroatoms. The zero-order valence-corrected chi connectivity index (χ0v) is 11.8. The second kappa shape index (κ2) is 4.33. The maximum Gasteiger partial charge on any atom is 0.326 e. The van der Waals surface area contributed by atoms with Crippen LogP contribution in [0.25, 0.3) is 0 Å². The van der Waals surface area contributed by atoms with Crippen LogP contribution in [-0.2, 0) is 21.4 Å². The summed E-state index contributed by atoms with van der Waals surface area (Å²) in [7, 11) is 0. The third kappa shape index (κ3) is 1.96. The van der Waals surface area contributed by atoms with Crippen LogP contribution in [0.3, 0.4) is 0 Å². The summed E-state index contributed by atoms with van der Waals surface area (Å²) in [4.78, 5) is 23.7. The van der Waals surface area contributed by atoms with E-state index >= 15 is 0 Å². The van der Waals surface area contributed by atoms with Gasteiger partial charge >= 0.3 is 5.97 Å². The van der Waals surface area contributed by atoms with Crippen molar-refractivity contribution < 1.29 is 14.7 Å². The Morgan fingerprint density at radius 3 is 2.76 bits per heavy atom. The fraction of sp³-hybridized carbons (Fsp3) is 0.529. The van der Waals surface area contributed by atoms with Gasteiger partial charge in [-0.1, -0.05) is 24.3 Å². The summed E-state index contributed by atoms with van der Waals surface area (Å²) in [5.41, 5.74) is 2.65. The number of rotatable bonds is 4. The average Bonchev–Trinajstić information content (AvgIpc) is 3.36. The lowest BCUT2D eigenvalue weighted by atomic mass is 9.95. The Bertz CT molecular complexity index is 622. The SMILES string of the molecule is O=C(O)C(NC(=O)C1CC12CCc1ccccc12)C1CC1. The van der Waals surface area contributed by atoms with Gasteiger partial charge in [-0.2, -0.15) is 0 Å². The second-order valence-electron chi connectivity index (χ2n) is 6.73. The number of carboxylic acids is 1. The molecule has 1 spiro atoms. The van der Waals surface area contributed by atoms with Crippen molar-refractivity contribution in [3.8, 4) is 0 Å². The first-order chi connectivity index (χ1) is 10.1. The maximum absolute atomic E-state index is 12.4. The Hall–Kier alpha value is -1.84. The first-order valence-electron chi connectivity index (χ1n) is 7.73. The van der Waals surface area contributed by atoms with Crippen molar-refractivity contribution in [1.82, 2.24) is 5.32 Å². The van der Waals surface area contributed by atoms with Gasteiger partial charge in [0.25, 0.3) is 0 Å². The highest BCUT2D eigenvalue weighted by Crippen LogP contribution is 2.61. The van der Waals surface area contributed by atoms with Gasteiger partial charge in [0, 0.05) is 11.3 Å². The normalized spacial score (nSPS) is 30.8. The highest BCUT2D eigenvalue weighted by atomic mass is 16.4. The molecule has 2 N–H and O–H groups in total. The van der Waals surface area contributed by atoms with Crippen LogP contribution in [0.15, 0.2) is 24.3 Å². The van der Waals surface area contributed by atoms with Gasteiger partial charge in [0.2, 0.25) is 5.91 Å². The second-order valence-corrected chi connectivity index (χ2v) is 6.73. The van der Waals surface area contributed by atoms with E-state index in [0.29, 0.717) is 0 Å². The van der Waals surface area contributed by atoms with E-state index in [1.807, 2.05) is 12.1 Å². The maximum atomic E-state index is 12.4. The van der Waals surface area contributed by atoms with Crippen LogP contribution < -0.4 is 5.32 Å². The molecule has 2 fully saturated rings. The Morgan fingerprint density at radius 1 is 1.29 bits per heavy atom. The summed E-state index contributed by atoms with van der Waals surface area (Å²) in [5.74, 6) is -0.864. The molecule has 3 atom stereocenters. The zero-order chi connectivity index (χ0) is 14.6. The smallest absolute Gasteiger partial charge is 0.326 e. The predicted molar refractivity (Wildman–Crippen MR) is 76.8 cm³/mol. The molecule has 2 saturated carbocycles. The molecule has 110 valence electrons. The molecular formula is C17H19NO3. The van der Waals surface area contributed by atoms with Gasteiger partial charge in [-0.3, -0.25) is 4.79 Å². The Balaban J connectivity index is 1.50. The van der Waals surface area contributed by atoms with Crippen molar-refractivity contribution in [2.75, 3.05) is 0 Å². The highest BCUT2D eigenvalue weighted by molar-refractivity contribution is 5.89. The fourth-order valence-electron chi connectivity index (χ4n) is 4.00. The molecule has 3 aliphatic rings. The van der Waals surface area contributed by atoms with Gasteiger partial charge in [-0.05, 0) is 49.1 Å². The van der Waals surface area contributed by atoms with E-state index in [0.717, 1.165) is 32.1 Å². The number of aliphatic carboxylic acids is 1. The fourth-order valence-corrected chi connectivity index (χ4v) is 4.00. The number of hydrogen-bond acceptors (Lipinski definition) is 2. The van der Waals surface area contributed by atoms with Gasteiger partial charge in [-0.15, -0.1) is 0 Å². The van der Waals surface area contributed by atoms with E-state index in [1.54, 1.807) is 0 Å². The van der Waals surface area contributed by atoms with Crippen LogP contribution >= 0.6 is 0 Å². The molecule has 1 aromatic carbocycles. The number of fused-ring (bicyclic) bond motifs is 2. The topological polar surface area (TPSA) is 66.4 Å². The molecule has 0 aromatic heterocycles. The summed E-state index contributed by atoms with van der Waals surface area (Å²) in [6.45, 7) is 0. The molecule has 3 unspecified atom stereocenters. The molecule has 1 aromatic rings. The minimum absolute atomic E-state index is 0.00667. The molecule has 4 rings (SSSR count). The van der Waals surface area contributed by atoms with Gasteiger partial charge in [0.05, 0.1) is 0 Å². The lowest BCUT2D eigenvalue weighted by molar-refractivity contribution is -0.142. The van der Waals surface area contributed by atoms with E-state index in [2.05, 4.69) is 17.4 Å². The van der Waals surface area contributed by atoms with Crippen molar-refractivity contribution >= 4 is 11.9 Å². The van der Waals surface area contributed by atoms with Crippen molar-refractivity contribution in [3.63, 3.8) is 0 Å². The molecule has 0 saturated heterocycles. The quantitative estimate of drug-likeness (QED) is 0.887. The third-order valence-corrected chi connectivity index (χ3v) is 5.44. The molecule has 1 amide bonds. The van der Waals surface area contributed by atoms with E-state index in [4.69, 9.17) is 0 Å². The molecule has 0 radical (unpaired) electrons. The number of nitrogens with one attached hydrogen (secondary N) is 1. The number of hydrogen-bond donors (Lipinski definition) is 2. The van der Waals surface area contributed by atoms with Gasteiger partial charge < -0.3 is 10.4 Å². The van der Waals surface area contributed by atoms with Crippen LogP contribution in [-0.4, -0.2) is 23.0 Å². The number of carbonyl (C=O) groups is 2. The lowest BCUT2D eigenvalue weighted by Gasteiger charge is -2.16. The van der Waals surface area contributed by atoms with E-state index < -0.39 is 12.0 Å². The summed E-state index contributed by atoms with van der Waals surface area (Å²) in [6.07, 6.45) is 4.75. The Labute approximate surface area is 123 Å². The molecule has 3 aliphatic carbocycles. The van der Waals surface area contributed by atoms with Crippen molar-refractivity contribution in [2.24, 2.45) is 11.8 Å². The van der Waals surface area contributed by atoms with Crippen LogP contribution in [0.5, 0.6) is 0 Å². The van der Waals surface area contributed by atoms with E-state index in [1.165, 1.54) is 11.1 Å². The molecule has 4 nitrogen and oxygen atoms in total. The van der Waals surface area contributed by atoms with E-state index in [-0.39, 0.29) is 23.2 Å². The minimum atomic E-state index is -0.896. The molecule has 0 aliphatic heterocycles. The van der Waals surface area contributed by atoms with Crippen molar-refractivity contribution in [3.05, 3.63) is 35.4 Å². The van der Waals surface area contributed by atoms with Crippen molar-refractivity contribution in [1.29, 1.82) is 0 Å². The summed E-state index contributed by atoms with van der Waals surface area (Å²) >= 11 is 0. The first kappa shape index (κ1) is 12.9. The lowest BCUT2D eigenvalue weighted by Crippen LogP contribution is -2.43. The van der Waals surface area contributed by atoms with Crippen LogP contribution in [0.2, 0.25) is 0 Å². The van der Waals surface area contributed by atoms with Crippen LogP contribution in [0.4, 0.5) is 0 Å². The predicted octanol–water partition coefficient (Wildman–Crippen LogP) is 1.87. The van der Waals surface area contributed by atoms with Gasteiger partial charge in [0.1, 0.15) is 6.04 Å². The number of amides is 1. The molecular weight excluding hydrogens is 266 g/mol. The van der Waals surface area contributed by atoms with Gasteiger partial charge in [0.15, 0.2) is 0 Å². The Morgan fingerprint density at radius 2 is 2.05 bits per heavy atom. The first-order valence-corrected chi connectivity index (χ1v) is 7.73.